The number of nitrogens with one attached hydrogen (secondary N) is 1. The first kappa shape index (κ1) is 15.8. The third-order valence-corrected chi connectivity index (χ3v) is 4.29. The van der Waals surface area contributed by atoms with Crippen LogP contribution in [0.4, 0.5) is 5.00 Å². The predicted molar refractivity (Wildman–Crippen MR) is 91.2 cm³/mol. The van der Waals surface area contributed by atoms with Gasteiger partial charge < -0.3 is 4.57 Å². The molecule has 1 N–H and O–H groups in total. The monoisotopic (exact) mass is 343 g/mol. The molecular formula is C15H13N5O3S. The topological polar surface area (TPSA) is 102 Å². The van der Waals surface area contributed by atoms with E-state index < -0.39 is 4.92 Å². The first-order valence-electron chi connectivity index (χ1n) is 7.02. The Bertz CT molecular complexity index is 944. The molecule has 0 atom stereocenters. The number of imidazole rings is 1. The molecule has 0 fully saturated rings. The number of nitro groups is 1. The lowest BCUT2D eigenvalue weighted by atomic mass is 10.3. The molecule has 0 saturated heterocycles. The zero-order valence-electron chi connectivity index (χ0n) is 12.7. The summed E-state index contributed by atoms with van der Waals surface area (Å²) >= 11 is 0.987. The molecule has 3 rings (SSSR count). The van der Waals surface area contributed by atoms with Gasteiger partial charge in [-0.25, -0.2) is 10.4 Å². The van der Waals surface area contributed by atoms with Crippen molar-refractivity contribution >= 4 is 39.5 Å². The van der Waals surface area contributed by atoms with Gasteiger partial charge in [0.2, 0.25) is 0 Å². The zero-order chi connectivity index (χ0) is 17.1. The minimum atomic E-state index is -0.465. The number of amides is 1. The molecule has 0 bridgehead atoms. The molecule has 0 saturated carbocycles. The molecule has 9 heteroatoms. The Morgan fingerprint density at radius 1 is 1.42 bits per heavy atom. The number of hydrazone groups is 1. The first-order chi connectivity index (χ1) is 11.5. The number of carbonyl (C=O) groups is 1. The van der Waals surface area contributed by atoms with Crippen LogP contribution in [0.3, 0.4) is 0 Å². The van der Waals surface area contributed by atoms with Crippen LogP contribution in [0.2, 0.25) is 0 Å². The largest absolute Gasteiger partial charge is 0.324 e. The van der Waals surface area contributed by atoms with E-state index in [1.54, 1.807) is 10.6 Å². The van der Waals surface area contributed by atoms with Crippen molar-refractivity contribution in [2.45, 2.75) is 13.5 Å². The maximum atomic E-state index is 12.0. The summed E-state index contributed by atoms with van der Waals surface area (Å²) in [5, 5.41) is 14.5. The SMILES string of the molecule is Cc1nc2ccccc2n1CC(=O)NN=Cc1ccc([N+](=O)[O-])s1. The lowest BCUT2D eigenvalue weighted by molar-refractivity contribution is -0.380. The molecular weight excluding hydrogens is 330 g/mol. The predicted octanol–water partition coefficient (Wildman–Crippen LogP) is 2.46. The highest BCUT2D eigenvalue weighted by Gasteiger charge is 2.10. The molecule has 1 aromatic carbocycles. The van der Waals surface area contributed by atoms with Crippen LogP contribution in [0.1, 0.15) is 10.7 Å². The van der Waals surface area contributed by atoms with Crippen molar-refractivity contribution < 1.29 is 9.72 Å². The van der Waals surface area contributed by atoms with Gasteiger partial charge in [0, 0.05) is 6.07 Å². The number of rotatable bonds is 5. The number of hydrogen-bond acceptors (Lipinski definition) is 6. The number of aromatic nitrogens is 2. The van der Waals surface area contributed by atoms with Gasteiger partial charge in [-0.1, -0.05) is 23.5 Å². The van der Waals surface area contributed by atoms with Crippen molar-refractivity contribution in [2.24, 2.45) is 5.10 Å². The molecule has 0 aliphatic carbocycles. The van der Waals surface area contributed by atoms with Crippen LogP contribution in [0.25, 0.3) is 11.0 Å². The minimum absolute atomic E-state index is 0.0308. The van der Waals surface area contributed by atoms with Crippen molar-refractivity contribution in [1.82, 2.24) is 15.0 Å². The van der Waals surface area contributed by atoms with Crippen LogP contribution in [-0.2, 0) is 11.3 Å². The summed E-state index contributed by atoms with van der Waals surface area (Å²) in [6, 6.07) is 10.5. The van der Waals surface area contributed by atoms with Gasteiger partial charge >= 0.3 is 5.00 Å². The number of nitrogens with zero attached hydrogens (tertiary/aromatic N) is 4. The molecule has 8 nitrogen and oxygen atoms in total. The van der Waals surface area contributed by atoms with Crippen molar-refractivity contribution in [3.05, 3.63) is 57.2 Å². The van der Waals surface area contributed by atoms with Crippen molar-refractivity contribution in [3.8, 4) is 0 Å². The minimum Gasteiger partial charge on any atom is -0.319 e. The Kier molecular flexibility index (Phi) is 4.34. The van der Waals surface area contributed by atoms with E-state index in [0.717, 1.165) is 28.2 Å². The van der Waals surface area contributed by atoms with E-state index in [4.69, 9.17) is 0 Å². The van der Waals surface area contributed by atoms with Crippen LogP contribution in [0, 0.1) is 17.0 Å². The lowest BCUT2D eigenvalue weighted by Gasteiger charge is -2.05. The number of fused-ring (bicyclic) bond motifs is 1. The van der Waals surface area contributed by atoms with Crippen LogP contribution in [0.5, 0.6) is 0 Å². The van der Waals surface area contributed by atoms with E-state index in [2.05, 4.69) is 15.5 Å². The second-order valence-electron chi connectivity index (χ2n) is 4.96. The summed E-state index contributed by atoms with van der Waals surface area (Å²) in [5.74, 6) is 0.438. The van der Waals surface area contributed by atoms with Gasteiger partial charge in [-0.05, 0) is 25.1 Å². The average Bonchev–Trinajstić information content (AvgIpc) is 3.13. The summed E-state index contributed by atoms with van der Waals surface area (Å²) in [7, 11) is 0. The Hall–Kier alpha value is -3.07. The van der Waals surface area contributed by atoms with Gasteiger partial charge in [0.15, 0.2) is 0 Å². The number of hydrogen-bond donors (Lipinski definition) is 1. The fourth-order valence-electron chi connectivity index (χ4n) is 2.25. The Morgan fingerprint density at radius 2 is 2.21 bits per heavy atom. The Balaban J connectivity index is 1.65. The van der Waals surface area contributed by atoms with Crippen LogP contribution in [0.15, 0.2) is 41.5 Å². The molecule has 2 aromatic heterocycles. The molecule has 122 valence electrons. The summed E-state index contributed by atoms with van der Waals surface area (Å²) < 4.78 is 1.80. The zero-order valence-corrected chi connectivity index (χ0v) is 13.5. The highest BCUT2D eigenvalue weighted by Crippen LogP contribution is 2.22. The third kappa shape index (κ3) is 3.30. The molecule has 3 aromatic rings. The smallest absolute Gasteiger partial charge is 0.319 e. The maximum absolute atomic E-state index is 12.0. The summed E-state index contributed by atoms with van der Waals surface area (Å²) in [4.78, 5) is 27.2. The molecule has 0 spiro atoms. The van der Waals surface area contributed by atoms with Gasteiger partial charge in [0.05, 0.1) is 27.0 Å². The highest BCUT2D eigenvalue weighted by molar-refractivity contribution is 7.16. The number of carbonyl (C=O) groups excluding carboxylic acids is 1. The lowest BCUT2D eigenvalue weighted by Crippen LogP contribution is -2.23. The second-order valence-corrected chi connectivity index (χ2v) is 6.05. The fraction of sp³-hybridized carbons (Fsp3) is 0.133. The first-order valence-corrected chi connectivity index (χ1v) is 7.84. The average molecular weight is 343 g/mol. The maximum Gasteiger partial charge on any atom is 0.324 e. The second kappa shape index (κ2) is 6.59. The van der Waals surface area contributed by atoms with Gasteiger partial charge in [-0.2, -0.15) is 5.10 Å². The number of thiophene rings is 1. The van der Waals surface area contributed by atoms with Crippen LogP contribution in [-0.4, -0.2) is 26.6 Å². The molecule has 0 radical (unpaired) electrons. The molecule has 2 heterocycles. The van der Waals surface area contributed by atoms with Gasteiger partial charge in [-0.3, -0.25) is 14.9 Å². The third-order valence-electron chi connectivity index (χ3n) is 3.32. The van der Waals surface area contributed by atoms with Crippen molar-refractivity contribution in [3.63, 3.8) is 0 Å². The Morgan fingerprint density at radius 3 is 2.96 bits per heavy atom. The van der Waals surface area contributed by atoms with Gasteiger partial charge in [0.1, 0.15) is 12.4 Å². The fourth-order valence-corrected chi connectivity index (χ4v) is 2.95. The van der Waals surface area contributed by atoms with Crippen LogP contribution >= 0.6 is 11.3 Å². The normalized spacial score (nSPS) is 11.2. The van der Waals surface area contributed by atoms with Crippen LogP contribution < -0.4 is 5.43 Å². The van der Waals surface area contributed by atoms with Crippen molar-refractivity contribution in [1.29, 1.82) is 0 Å². The van der Waals surface area contributed by atoms with E-state index in [-0.39, 0.29) is 17.5 Å². The summed E-state index contributed by atoms with van der Waals surface area (Å²) in [6.07, 6.45) is 1.38. The Labute approximate surface area is 140 Å². The quantitative estimate of drug-likeness (QED) is 0.436. The standard InChI is InChI=1S/C15H13N5O3S/c1-10-17-12-4-2-3-5-13(12)19(10)9-14(21)18-16-8-11-6-7-15(24-11)20(22)23/h2-8H,9H2,1H3,(H,18,21). The highest BCUT2D eigenvalue weighted by atomic mass is 32.1. The van der Waals surface area contributed by atoms with Crippen molar-refractivity contribution in [2.75, 3.05) is 0 Å². The molecule has 0 aliphatic heterocycles. The number of aryl methyl sites for hydroxylation is 1. The number of benzene rings is 1. The molecule has 0 unspecified atom stereocenters. The van der Waals surface area contributed by atoms with Gasteiger partial charge in [-0.15, -0.1) is 0 Å². The van der Waals surface area contributed by atoms with E-state index in [1.807, 2.05) is 31.2 Å². The summed E-state index contributed by atoms with van der Waals surface area (Å²) in [6.45, 7) is 1.93. The van der Waals surface area contributed by atoms with E-state index >= 15 is 0 Å². The molecule has 24 heavy (non-hydrogen) atoms. The van der Waals surface area contributed by atoms with E-state index in [1.165, 1.54) is 12.3 Å². The van der Waals surface area contributed by atoms with E-state index in [0.29, 0.717) is 4.88 Å². The molecule has 0 aliphatic rings. The van der Waals surface area contributed by atoms with Gasteiger partial charge in [0.25, 0.3) is 5.91 Å². The molecule has 1 amide bonds. The summed E-state index contributed by atoms with van der Waals surface area (Å²) in [5.41, 5.74) is 4.13. The number of para-hydroxylation sites is 2. The van der Waals surface area contributed by atoms with E-state index in [9.17, 15) is 14.9 Å².